The van der Waals surface area contributed by atoms with Crippen molar-refractivity contribution in [3.63, 3.8) is 0 Å². The van der Waals surface area contributed by atoms with Gasteiger partial charge in [0, 0.05) is 38.2 Å². The Balaban J connectivity index is 1.79. The molecule has 2 aliphatic rings. The van der Waals surface area contributed by atoms with Crippen molar-refractivity contribution in [3.8, 4) is 0 Å². The van der Waals surface area contributed by atoms with Crippen LogP contribution >= 0.6 is 0 Å². The van der Waals surface area contributed by atoms with Crippen LogP contribution in [0.25, 0.3) is 0 Å². The largest absolute Gasteiger partial charge is 0.387 e. The van der Waals surface area contributed by atoms with Gasteiger partial charge in [-0.2, -0.15) is 0 Å². The number of nitrogens with zero attached hydrogens (tertiary/aromatic N) is 4. The molecule has 6 heteroatoms. The molecule has 3 rings (SSSR count). The quantitative estimate of drug-likeness (QED) is 0.882. The number of fused-ring (bicyclic) bond motifs is 1. The first-order valence-corrected chi connectivity index (χ1v) is 7.67. The lowest BCUT2D eigenvalue weighted by Crippen LogP contribution is -2.49. The van der Waals surface area contributed by atoms with E-state index in [1.165, 1.54) is 0 Å². The maximum Gasteiger partial charge on any atom is 0.222 e. The maximum atomic E-state index is 11.7. The molecule has 0 saturated carbocycles. The lowest BCUT2D eigenvalue weighted by molar-refractivity contribution is -0.131. The van der Waals surface area contributed by atoms with E-state index < -0.39 is 6.10 Å². The zero-order valence-corrected chi connectivity index (χ0v) is 12.6. The van der Waals surface area contributed by atoms with Crippen molar-refractivity contribution < 1.29 is 9.90 Å². The third-order valence-electron chi connectivity index (χ3n) is 4.51. The molecule has 114 valence electrons. The standard InChI is InChI=1S/C15H22N4O2/c1-3-12(21)18-4-6-19(7-5-18)15-13-10(2)8-11(20)14(13)16-9-17-15/h9-11,20H,3-8H2,1-2H3/t10-,11-/m1/s1. The van der Waals surface area contributed by atoms with Gasteiger partial charge in [-0.15, -0.1) is 0 Å². The van der Waals surface area contributed by atoms with Crippen molar-refractivity contribution in [3.05, 3.63) is 17.6 Å². The van der Waals surface area contributed by atoms with Gasteiger partial charge in [-0.3, -0.25) is 4.79 Å². The van der Waals surface area contributed by atoms with Crippen molar-refractivity contribution in [1.29, 1.82) is 0 Å². The third-order valence-corrected chi connectivity index (χ3v) is 4.51. The summed E-state index contributed by atoms with van der Waals surface area (Å²) >= 11 is 0. The van der Waals surface area contributed by atoms with E-state index in [0.29, 0.717) is 6.42 Å². The Hall–Kier alpha value is -1.69. The van der Waals surface area contributed by atoms with Gasteiger partial charge >= 0.3 is 0 Å². The Morgan fingerprint density at radius 3 is 2.71 bits per heavy atom. The lowest BCUT2D eigenvalue weighted by Gasteiger charge is -2.36. The molecule has 0 radical (unpaired) electrons. The smallest absolute Gasteiger partial charge is 0.222 e. The van der Waals surface area contributed by atoms with E-state index in [0.717, 1.165) is 49.7 Å². The molecule has 0 bridgehead atoms. The van der Waals surface area contributed by atoms with E-state index in [9.17, 15) is 9.90 Å². The molecule has 1 aliphatic carbocycles. The third kappa shape index (κ3) is 2.48. The molecule has 0 unspecified atom stereocenters. The summed E-state index contributed by atoms with van der Waals surface area (Å²) in [5, 5.41) is 10.1. The Bertz CT molecular complexity index is 540. The summed E-state index contributed by atoms with van der Waals surface area (Å²) in [5.74, 6) is 1.43. The van der Waals surface area contributed by atoms with Crippen LogP contribution < -0.4 is 4.90 Å². The van der Waals surface area contributed by atoms with Crippen molar-refractivity contribution in [2.45, 2.75) is 38.7 Å². The van der Waals surface area contributed by atoms with Crippen LogP contribution in [-0.4, -0.2) is 52.1 Å². The van der Waals surface area contributed by atoms with Gasteiger partial charge in [0.1, 0.15) is 12.1 Å². The van der Waals surface area contributed by atoms with E-state index in [4.69, 9.17) is 0 Å². The highest BCUT2D eigenvalue weighted by Crippen LogP contribution is 2.42. The van der Waals surface area contributed by atoms with E-state index in [1.54, 1.807) is 6.33 Å². The zero-order chi connectivity index (χ0) is 15.0. The number of rotatable bonds is 2. The lowest BCUT2D eigenvalue weighted by atomic mass is 10.1. The van der Waals surface area contributed by atoms with Gasteiger partial charge < -0.3 is 14.9 Å². The molecule has 1 saturated heterocycles. The van der Waals surface area contributed by atoms with Gasteiger partial charge in [-0.25, -0.2) is 9.97 Å². The minimum atomic E-state index is -0.472. The van der Waals surface area contributed by atoms with Gasteiger partial charge in [-0.05, 0) is 12.3 Å². The number of anilines is 1. The van der Waals surface area contributed by atoms with Gasteiger partial charge in [0.25, 0.3) is 0 Å². The maximum absolute atomic E-state index is 11.7. The van der Waals surface area contributed by atoms with Gasteiger partial charge in [0.15, 0.2) is 0 Å². The van der Waals surface area contributed by atoms with Crippen LogP contribution in [0.15, 0.2) is 6.33 Å². The van der Waals surface area contributed by atoms with Crippen LogP contribution in [0, 0.1) is 0 Å². The van der Waals surface area contributed by atoms with E-state index in [1.807, 2.05) is 11.8 Å². The first-order valence-electron chi connectivity index (χ1n) is 7.67. The fourth-order valence-corrected chi connectivity index (χ4v) is 3.35. The van der Waals surface area contributed by atoms with Crippen LogP contribution in [0.2, 0.25) is 0 Å². The highest BCUT2D eigenvalue weighted by atomic mass is 16.3. The molecule has 1 fully saturated rings. The minimum Gasteiger partial charge on any atom is -0.387 e. The number of aromatic nitrogens is 2. The van der Waals surface area contributed by atoms with Crippen molar-refractivity contribution in [2.75, 3.05) is 31.1 Å². The Labute approximate surface area is 124 Å². The second-order valence-electron chi connectivity index (χ2n) is 5.87. The SMILES string of the molecule is CCC(=O)N1CCN(c2ncnc3c2[C@H](C)C[C@H]3O)CC1. The molecule has 1 aliphatic heterocycles. The number of hydrogen-bond acceptors (Lipinski definition) is 5. The second kappa shape index (κ2) is 5.60. The molecule has 1 amide bonds. The number of amides is 1. The summed E-state index contributed by atoms with van der Waals surface area (Å²) in [6.45, 7) is 7.06. The molecular formula is C15H22N4O2. The fraction of sp³-hybridized carbons (Fsp3) is 0.667. The molecule has 6 nitrogen and oxygen atoms in total. The topological polar surface area (TPSA) is 69.6 Å². The Morgan fingerprint density at radius 2 is 2.05 bits per heavy atom. The molecule has 1 N–H and O–H groups in total. The van der Waals surface area contributed by atoms with Crippen LogP contribution in [0.5, 0.6) is 0 Å². The fourth-order valence-electron chi connectivity index (χ4n) is 3.35. The second-order valence-corrected chi connectivity index (χ2v) is 5.87. The van der Waals surface area contributed by atoms with Crippen molar-refractivity contribution in [2.24, 2.45) is 0 Å². The molecule has 0 spiro atoms. The summed E-state index contributed by atoms with van der Waals surface area (Å²) in [7, 11) is 0. The molecule has 2 atom stereocenters. The number of carbonyl (C=O) groups is 1. The molecule has 1 aromatic rings. The molecular weight excluding hydrogens is 268 g/mol. The van der Waals surface area contributed by atoms with E-state index in [2.05, 4.69) is 21.8 Å². The normalized spacial score (nSPS) is 25.1. The van der Waals surface area contributed by atoms with Gasteiger partial charge in [-0.1, -0.05) is 13.8 Å². The van der Waals surface area contributed by atoms with E-state index in [-0.39, 0.29) is 11.8 Å². The van der Waals surface area contributed by atoms with Gasteiger partial charge in [0.2, 0.25) is 5.91 Å². The summed E-state index contributed by atoms with van der Waals surface area (Å²) < 4.78 is 0. The zero-order valence-electron chi connectivity index (χ0n) is 12.6. The molecule has 0 aromatic carbocycles. The van der Waals surface area contributed by atoms with Gasteiger partial charge in [0.05, 0.1) is 11.8 Å². The van der Waals surface area contributed by atoms with Crippen LogP contribution in [0.1, 0.15) is 50.0 Å². The average molecular weight is 290 g/mol. The van der Waals surface area contributed by atoms with E-state index >= 15 is 0 Å². The average Bonchev–Trinajstić information content (AvgIpc) is 2.82. The van der Waals surface area contributed by atoms with Crippen LogP contribution in [0.3, 0.4) is 0 Å². The number of carbonyl (C=O) groups excluding carboxylic acids is 1. The monoisotopic (exact) mass is 290 g/mol. The highest BCUT2D eigenvalue weighted by molar-refractivity contribution is 5.76. The summed E-state index contributed by atoms with van der Waals surface area (Å²) in [6.07, 6.45) is 2.35. The highest BCUT2D eigenvalue weighted by Gasteiger charge is 2.33. The van der Waals surface area contributed by atoms with Crippen LogP contribution in [-0.2, 0) is 4.79 Å². The van der Waals surface area contributed by atoms with Crippen LogP contribution in [0.4, 0.5) is 5.82 Å². The van der Waals surface area contributed by atoms with Crippen molar-refractivity contribution in [1.82, 2.24) is 14.9 Å². The predicted octanol–water partition coefficient (Wildman–Crippen LogP) is 1.08. The number of aliphatic hydroxyl groups excluding tert-OH is 1. The number of piperazine rings is 1. The number of hydrogen-bond donors (Lipinski definition) is 1. The summed E-state index contributed by atoms with van der Waals surface area (Å²) in [4.78, 5) is 24.6. The summed E-state index contributed by atoms with van der Waals surface area (Å²) in [5.41, 5.74) is 1.86. The predicted molar refractivity (Wildman–Crippen MR) is 79.1 cm³/mol. The van der Waals surface area contributed by atoms with Crippen molar-refractivity contribution >= 4 is 11.7 Å². The summed E-state index contributed by atoms with van der Waals surface area (Å²) in [6, 6.07) is 0. The first-order chi connectivity index (χ1) is 10.1. The first kappa shape index (κ1) is 14.3. The molecule has 21 heavy (non-hydrogen) atoms. The minimum absolute atomic E-state index is 0.214. The number of aliphatic hydroxyl groups is 1. The molecule has 2 heterocycles. The Kier molecular flexibility index (Phi) is 3.80. The Morgan fingerprint density at radius 1 is 1.33 bits per heavy atom. The molecule has 1 aromatic heterocycles.